The maximum absolute atomic E-state index is 12.1. The average molecular weight is 333 g/mol. The van der Waals surface area contributed by atoms with Crippen molar-refractivity contribution in [1.82, 2.24) is 4.98 Å². The maximum Gasteiger partial charge on any atom is 0.127 e. The van der Waals surface area contributed by atoms with E-state index in [-0.39, 0.29) is 17.8 Å². The van der Waals surface area contributed by atoms with Crippen LogP contribution in [0.15, 0.2) is 53.7 Å². The van der Waals surface area contributed by atoms with Gasteiger partial charge in [0.1, 0.15) is 17.4 Å². The Hall–Kier alpha value is -1.72. The lowest BCUT2D eigenvalue weighted by Crippen LogP contribution is -2.24. The first-order valence-corrected chi connectivity index (χ1v) is 8.89. The molecule has 0 radical (unpaired) electrons. The molecule has 1 aromatic heterocycles. The van der Waals surface area contributed by atoms with Gasteiger partial charge in [-0.3, -0.25) is 4.21 Å². The smallest absolute Gasteiger partial charge is 0.127 e. The lowest BCUT2D eigenvalue weighted by molar-refractivity contribution is 0.125. The number of nitrogens with zero attached hydrogens (tertiary/aromatic N) is 1. The van der Waals surface area contributed by atoms with Crippen LogP contribution in [0.5, 0.6) is 5.75 Å². The highest BCUT2D eigenvalue weighted by molar-refractivity contribution is 7.85. The molecule has 0 aliphatic carbocycles. The van der Waals surface area contributed by atoms with E-state index < -0.39 is 16.9 Å². The van der Waals surface area contributed by atoms with Crippen molar-refractivity contribution in [1.29, 1.82) is 0 Å². The van der Waals surface area contributed by atoms with Gasteiger partial charge in [-0.15, -0.1) is 0 Å². The predicted molar refractivity (Wildman–Crippen MR) is 92.2 cm³/mol. The number of aliphatic hydroxyl groups excluding tert-OH is 1. The molecule has 2 rings (SSSR count). The molecule has 0 unspecified atom stereocenters. The zero-order chi connectivity index (χ0) is 16.9. The zero-order valence-corrected chi connectivity index (χ0v) is 14.5. The highest BCUT2D eigenvalue weighted by Gasteiger charge is 2.15. The Bertz CT molecular complexity index is 636. The molecule has 2 atom stereocenters. The number of rotatable bonds is 6. The van der Waals surface area contributed by atoms with E-state index in [2.05, 4.69) is 25.8 Å². The molecule has 124 valence electrons. The van der Waals surface area contributed by atoms with E-state index in [1.54, 1.807) is 24.4 Å². The van der Waals surface area contributed by atoms with Gasteiger partial charge in [-0.1, -0.05) is 39.0 Å². The zero-order valence-electron chi connectivity index (χ0n) is 13.7. The van der Waals surface area contributed by atoms with Crippen LogP contribution < -0.4 is 4.74 Å². The molecule has 0 saturated heterocycles. The SMILES string of the molecule is CC(C)(C)c1ccc(OC[C@@H](O)C[S@](=O)c2ccccn2)cc1. The fourth-order valence-electron chi connectivity index (χ4n) is 2.03. The number of aliphatic hydroxyl groups is 1. The van der Waals surface area contributed by atoms with Crippen molar-refractivity contribution in [2.75, 3.05) is 12.4 Å². The third-order valence-electron chi connectivity index (χ3n) is 3.38. The van der Waals surface area contributed by atoms with Gasteiger partial charge in [0, 0.05) is 6.20 Å². The van der Waals surface area contributed by atoms with Crippen molar-refractivity contribution in [3.8, 4) is 5.75 Å². The lowest BCUT2D eigenvalue weighted by Gasteiger charge is -2.19. The van der Waals surface area contributed by atoms with Crippen molar-refractivity contribution in [2.45, 2.75) is 37.3 Å². The number of ether oxygens (including phenoxy) is 1. The van der Waals surface area contributed by atoms with E-state index >= 15 is 0 Å². The lowest BCUT2D eigenvalue weighted by atomic mass is 9.87. The standard InChI is InChI=1S/C18H23NO3S/c1-18(2,3)14-7-9-16(10-8-14)22-12-15(20)13-23(21)17-6-4-5-11-19-17/h4-11,15,20H,12-13H2,1-3H3/t15-,23+/m1/s1. The second kappa shape index (κ2) is 7.70. The third kappa shape index (κ3) is 5.44. The van der Waals surface area contributed by atoms with Crippen LogP contribution in [0, 0.1) is 0 Å². The number of benzene rings is 1. The molecule has 0 aliphatic rings. The van der Waals surface area contributed by atoms with Crippen molar-refractivity contribution >= 4 is 10.8 Å². The first-order valence-electron chi connectivity index (χ1n) is 7.57. The van der Waals surface area contributed by atoms with Gasteiger partial charge in [0.05, 0.1) is 22.7 Å². The molecule has 23 heavy (non-hydrogen) atoms. The van der Waals surface area contributed by atoms with Crippen LogP contribution in [0.4, 0.5) is 0 Å². The minimum atomic E-state index is -1.33. The maximum atomic E-state index is 12.1. The molecular weight excluding hydrogens is 310 g/mol. The van der Waals surface area contributed by atoms with Gasteiger partial charge in [-0.05, 0) is 35.2 Å². The van der Waals surface area contributed by atoms with Gasteiger partial charge in [-0.2, -0.15) is 0 Å². The molecule has 1 aromatic carbocycles. The van der Waals surface area contributed by atoms with Crippen LogP contribution >= 0.6 is 0 Å². The summed E-state index contributed by atoms with van der Waals surface area (Å²) >= 11 is 0. The fraction of sp³-hybridized carbons (Fsp3) is 0.389. The summed E-state index contributed by atoms with van der Waals surface area (Å²) in [5.74, 6) is 0.803. The Morgan fingerprint density at radius 2 is 1.87 bits per heavy atom. The van der Waals surface area contributed by atoms with Gasteiger partial charge in [0.2, 0.25) is 0 Å². The molecule has 0 spiro atoms. The Labute approximate surface area is 140 Å². The number of hydrogen-bond donors (Lipinski definition) is 1. The largest absolute Gasteiger partial charge is 0.491 e. The average Bonchev–Trinajstić information content (AvgIpc) is 2.53. The first kappa shape index (κ1) is 17.6. The minimum Gasteiger partial charge on any atom is -0.491 e. The minimum absolute atomic E-state index is 0.0949. The third-order valence-corrected chi connectivity index (χ3v) is 4.77. The van der Waals surface area contributed by atoms with Crippen LogP contribution in [0.1, 0.15) is 26.3 Å². The monoisotopic (exact) mass is 333 g/mol. The van der Waals surface area contributed by atoms with Gasteiger partial charge in [0.25, 0.3) is 0 Å². The second-order valence-corrected chi connectivity index (χ2v) is 7.86. The van der Waals surface area contributed by atoms with E-state index in [1.165, 1.54) is 5.56 Å². The summed E-state index contributed by atoms with van der Waals surface area (Å²) < 4.78 is 17.6. The molecule has 0 aliphatic heterocycles. The van der Waals surface area contributed by atoms with E-state index in [1.807, 2.05) is 24.3 Å². The van der Waals surface area contributed by atoms with Crippen LogP contribution in [0.25, 0.3) is 0 Å². The molecule has 1 heterocycles. The summed E-state index contributed by atoms with van der Waals surface area (Å²) in [5.41, 5.74) is 1.32. The quantitative estimate of drug-likeness (QED) is 0.883. The first-order chi connectivity index (χ1) is 10.9. The summed E-state index contributed by atoms with van der Waals surface area (Å²) in [5, 5.41) is 10.5. The summed E-state index contributed by atoms with van der Waals surface area (Å²) in [6.45, 7) is 6.56. The molecule has 5 heteroatoms. The van der Waals surface area contributed by atoms with Crippen molar-refractivity contribution < 1.29 is 14.1 Å². The topological polar surface area (TPSA) is 59.4 Å². The van der Waals surface area contributed by atoms with E-state index in [0.717, 1.165) is 0 Å². The molecule has 1 N–H and O–H groups in total. The second-order valence-electron chi connectivity index (χ2n) is 6.42. The van der Waals surface area contributed by atoms with Crippen molar-refractivity contribution in [3.63, 3.8) is 0 Å². The van der Waals surface area contributed by atoms with Crippen LogP contribution in [0.3, 0.4) is 0 Å². The summed E-state index contributed by atoms with van der Waals surface area (Å²) in [6.07, 6.45) is 0.785. The van der Waals surface area contributed by atoms with Gasteiger partial charge < -0.3 is 9.84 Å². The molecular formula is C18H23NO3S. The Morgan fingerprint density at radius 3 is 2.43 bits per heavy atom. The molecule has 0 fully saturated rings. The highest BCUT2D eigenvalue weighted by atomic mass is 32.2. The number of hydrogen-bond acceptors (Lipinski definition) is 4. The Morgan fingerprint density at radius 1 is 1.17 bits per heavy atom. The molecule has 4 nitrogen and oxygen atoms in total. The highest BCUT2D eigenvalue weighted by Crippen LogP contribution is 2.24. The molecule has 0 bridgehead atoms. The van der Waals surface area contributed by atoms with E-state index in [9.17, 15) is 9.32 Å². The Kier molecular flexibility index (Phi) is 5.91. The van der Waals surface area contributed by atoms with Crippen LogP contribution in [0.2, 0.25) is 0 Å². The Balaban J connectivity index is 1.85. The van der Waals surface area contributed by atoms with E-state index in [4.69, 9.17) is 4.74 Å². The predicted octanol–water partition coefficient (Wildman–Crippen LogP) is 2.93. The van der Waals surface area contributed by atoms with Crippen molar-refractivity contribution in [3.05, 3.63) is 54.2 Å². The van der Waals surface area contributed by atoms with Crippen LogP contribution in [-0.2, 0) is 16.2 Å². The van der Waals surface area contributed by atoms with Crippen molar-refractivity contribution in [2.24, 2.45) is 0 Å². The van der Waals surface area contributed by atoms with Gasteiger partial charge in [0.15, 0.2) is 0 Å². The van der Waals surface area contributed by atoms with Gasteiger partial charge in [-0.25, -0.2) is 4.98 Å². The summed E-state index contributed by atoms with van der Waals surface area (Å²) in [7, 11) is -1.33. The van der Waals surface area contributed by atoms with Crippen LogP contribution in [-0.4, -0.2) is 32.8 Å². The molecule has 0 saturated carbocycles. The number of aromatic nitrogens is 1. The van der Waals surface area contributed by atoms with E-state index in [0.29, 0.717) is 10.8 Å². The summed E-state index contributed by atoms with van der Waals surface area (Å²) in [4.78, 5) is 4.03. The van der Waals surface area contributed by atoms with Gasteiger partial charge >= 0.3 is 0 Å². The fourth-order valence-corrected chi connectivity index (χ4v) is 3.06. The summed E-state index contributed by atoms with van der Waals surface area (Å²) in [6, 6.07) is 13.1. The molecule has 2 aromatic rings. The number of pyridine rings is 1. The normalized spacial score (nSPS) is 14.3. The molecule has 0 amide bonds.